The number of hydrogen-bond acceptors (Lipinski definition) is 11. The first-order valence-corrected chi connectivity index (χ1v) is 12.3. The summed E-state index contributed by atoms with van der Waals surface area (Å²) >= 11 is 1.52. The second-order valence-corrected chi connectivity index (χ2v) is 8.51. The third kappa shape index (κ3) is 9.37. The minimum absolute atomic E-state index is 0.142. The van der Waals surface area contributed by atoms with Gasteiger partial charge in [0.1, 0.15) is 0 Å². The van der Waals surface area contributed by atoms with Crippen molar-refractivity contribution >= 4 is 41.3 Å². The number of carboxylic acids is 2. The van der Waals surface area contributed by atoms with E-state index in [4.69, 9.17) is 25.4 Å². The van der Waals surface area contributed by atoms with Crippen LogP contribution in [-0.2, 0) is 28.7 Å². The number of benzene rings is 1. The van der Waals surface area contributed by atoms with Gasteiger partial charge in [-0.15, -0.1) is 0 Å². The monoisotopic (exact) mass is 551 g/mol. The van der Waals surface area contributed by atoms with Crippen molar-refractivity contribution in [2.75, 3.05) is 31.8 Å². The Hall–Kier alpha value is -4.17. The number of rotatable bonds is 11. The van der Waals surface area contributed by atoms with Crippen LogP contribution in [-0.4, -0.2) is 70.8 Å². The summed E-state index contributed by atoms with van der Waals surface area (Å²) in [5.74, 6) is -3.51. The smallest absolute Gasteiger partial charge is 0.336 e. The first-order valence-electron chi connectivity index (χ1n) is 11.1. The Morgan fingerprint density at radius 1 is 1.16 bits per heavy atom. The average Bonchev–Trinajstić information content (AvgIpc) is 2.87. The van der Waals surface area contributed by atoms with Crippen molar-refractivity contribution in [3.63, 3.8) is 0 Å². The molecule has 1 aromatic carbocycles. The summed E-state index contributed by atoms with van der Waals surface area (Å²) < 4.78 is 10.2. The van der Waals surface area contributed by atoms with E-state index >= 15 is 0 Å². The van der Waals surface area contributed by atoms with E-state index in [1.807, 2.05) is 0 Å². The highest BCUT2D eigenvalue weighted by atomic mass is 32.2. The third-order valence-corrected chi connectivity index (χ3v) is 5.85. The van der Waals surface area contributed by atoms with Crippen LogP contribution in [0.15, 0.2) is 59.0 Å². The molecule has 1 heterocycles. The SMILES string of the molecule is CCOC(=O)C1=C(CSCCN)NC(C)=C(C(=O)OC)C1c1cccc([N+](=O)[O-])c1.O=C(O)/C=C/C(=O)O. The highest BCUT2D eigenvalue weighted by Gasteiger charge is 2.39. The van der Waals surface area contributed by atoms with Crippen LogP contribution in [0.5, 0.6) is 0 Å². The van der Waals surface area contributed by atoms with E-state index in [1.165, 1.54) is 37.1 Å². The third-order valence-electron chi connectivity index (χ3n) is 4.84. The van der Waals surface area contributed by atoms with E-state index in [9.17, 15) is 29.3 Å². The van der Waals surface area contributed by atoms with E-state index in [-0.39, 0.29) is 23.4 Å². The second kappa shape index (κ2) is 15.8. The van der Waals surface area contributed by atoms with Crippen LogP contribution in [0, 0.1) is 10.1 Å². The van der Waals surface area contributed by atoms with Crippen molar-refractivity contribution in [3.05, 3.63) is 74.6 Å². The normalized spacial score (nSPS) is 14.8. The summed E-state index contributed by atoms with van der Waals surface area (Å²) in [4.78, 5) is 55.5. The number of carbonyl (C=O) groups excluding carboxylic acids is 2. The maximum absolute atomic E-state index is 12.9. The quantitative estimate of drug-likeness (QED) is 0.102. The largest absolute Gasteiger partial charge is 0.478 e. The van der Waals surface area contributed by atoms with Gasteiger partial charge >= 0.3 is 23.9 Å². The fourth-order valence-corrected chi connectivity index (χ4v) is 4.13. The van der Waals surface area contributed by atoms with E-state index < -0.39 is 34.7 Å². The highest BCUT2D eigenvalue weighted by Crippen LogP contribution is 2.40. The number of nitrogens with two attached hydrogens (primary N) is 1. The molecular formula is C24H29N3O10S. The van der Waals surface area contributed by atoms with Gasteiger partial charge in [-0.2, -0.15) is 11.8 Å². The molecule has 1 atom stereocenters. The maximum atomic E-state index is 12.9. The van der Waals surface area contributed by atoms with Crippen LogP contribution >= 0.6 is 11.8 Å². The zero-order valence-corrected chi connectivity index (χ0v) is 21.8. The number of carbonyl (C=O) groups is 4. The molecular weight excluding hydrogens is 522 g/mol. The van der Waals surface area contributed by atoms with E-state index in [0.29, 0.717) is 47.2 Å². The number of dihydropyridines is 1. The van der Waals surface area contributed by atoms with Gasteiger partial charge in [0.15, 0.2) is 0 Å². The molecule has 14 heteroatoms. The molecule has 38 heavy (non-hydrogen) atoms. The van der Waals surface area contributed by atoms with Gasteiger partial charge in [0, 0.05) is 53.7 Å². The van der Waals surface area contributed by atoms with Gasteiger partial charge in [0.05, 0.1) is 35.7 Å². The lowest BCUT2D eigenvalue weighted by Gasteiger charge is -2.31. The van der Waals surface area contributed by atoms with Crippen molar-refractivity contribution < 1.29 is 43.8 Å². The molecule has 0 bridgehead atoms. The maximum Gasteiger partial charge on any atom is 0.336 e. The number of nitrogens with one attached hydrogen (secondary N) is 1. The predicted molar refractivity (Wildman–Crippen MR) is 138 cm³/mol. The summed E-state index contributed by atoms with van der Waals surface area (Å²) in [7, 11) is 1.24. The molecule has 1 unspecified atom stereocenters. The van der Waals surface area contributed by atoms with Gasteiger partial charge in [-0.1, -0.05) is 12.1 Å². The molecule has 0 radical (unpaired) electrons. The van der Waals surface area contributed by atoms with Crippen molar-refractivity contribution in [2.45, 2.75) is 19.8 Å². The van der Waals surface area contributed by atoms with Crippen molar-refractivity contribution in [3.8, 4) is 0 Å². The molecule has 0 aromatic heterocycles. The molecule has 206 valence electrons. The number of nitro benzene ring substituents is 1. The van der Waals surface area contributed by atoms with Gasteiger partial charge in [-0.3, -0.25) is 10.1 Å². The molecule has 13 nitrogen and oxygen atoms in total. The number of aliphatic carboxylic acids is 2. The first kappa shape index (κ1) is 31.9. The number of thioether (sulfide) groups is 1. The molecule has 1 aromatic rings. The van der Waals surface area contributed by atoms with E-state index in [0.717, 1.165) is 0 Å². The lowest BCUT2D eigenvalue weighted by Crippen LogP contribution is -2.34. The predicted octanol–water partition coefficient (Wildman–Crippen LogP) is 1.95. The number of hydrogen-bond donors (Lipinski definition) is 4. The molecule has 1 aliphatic heterocycles. The number of nitro groups is 1. The van der Waals surface area contributed by atoms with Gasteiger partial charge < -0.3 is 30.7 Å². The number of esters is 2. The van der Waals surface area contributed by atoms with E-state index in [2.05, 4.69) is 5.32 Å². The Morgan fingerprint density at radius 3 is 2.29 bits per heavy atom. The zero-order chi connectivity index (χ0) is 28.8. The average molecular weight is 552 g/mol. The summed E-state index contributed by atoms with van der Waals surface area (Å²) in [5, 5.41) is 30.1. The molecule has 0 saturated heterocycles. The van der Waals surface area contributed by atoms with Crippen LogP contribution in [0.25, 0.3) is 0 Å². The fourth-order valence-electron chi connectivity index (χ4n) is 3.39. The minimum Gasteiger partial charge on any atom is -0.478 e. The molecule has 5 N–H and O–H groups in total. The Balaban J connectivity index is 0.000000781. The molecule has 1 aliphatic rings. The number of non-ortho nitro benzene ring substituents is 1. The topological polar surface area (TPSA) is 208 Å². The molecule has 0 spiro atoms. The standard InChI is InChI=1S/C20H25N3O6S.C4H4O4/c1-4-29-20(25)18-15(11-30-9-8-21)22-12(2)16(19(24)28-3)17(18)13-6-5-7-14(10-13)23(26)27;5-3(6)1-2-4(7)8/h5-7,10,17,22H,4,8-9,11,21H2,1-3H3;1-2H,(H,5,6)(H,7,8)/b;2-1+. The van der Waals surface area contributed by atoms with Crippen LogP contribution in [0.1, 0.15) is 25.3 Å². The van der Waals surface area contributed by atoms with Gasteiger partial charge in [0.25, 0.3) is 5.69 Å². The van der Waals surface area contributed by atoms with Gasteiger partial charge in [-0.05, 0) is 19.4 Å². The van der Waals surface area contributed by atoms with E-state index in [1.54, 1.807) is 19.9 Å². The minimum atomic E-state index is -1.26. The van der Waals surface area contributed by atoms with Gasteiger partial charge in [0.2, 0.25) is 0 Å². The Labute approximate surface area is 222 Å². The van der Waals surface area contributed by atoms with Crippen molar-refractivity contribution in [1.82, 2.24) is 5.32 Å². The molecule has 2 rings (SSSR count). The van der Waals surface area contributed by atoms with Crippen molar-refractivity contribution in [2.24, 2.45) is 5.73 Å². The number of nitrogens with zero attached hydrogens (tertiary/aromatic N) is 1. The molecule has 0 amide bonds. The first-order chi connectivity index (χ1) is 18.0. The number of carboxylic acid groups (broad SMARTS) is 2. The Kier molecular flexibility index (Phi) is 13.3. The summed E-state index contributed by atoms with van der Waals surface area (Å²) in [5.41, 5.74) is 7.37. The number of methoxy groups -OCH3 is 1. The van der Waals surface area contributed by atoms with Crippen LogP contribution in [0.4, 0.5) is 5.69 Å². The Morgan fingerprint density at radius 2 is 1.79 bits per heavy atom. The molecule has 0 fully saturated rings. The number of allylic oxidation sites excluding steroid dienone is 1. The fraction of sp³-hybridized carbons (Fsp3) is 0.333. The van der Waals surface area contributed by atoms with Crippen LogP contribution < -0.4 is 11.1 Å². The zero-order valence-electron chi connectivity index (χ0n) is 21.0. The lowest BCUT2D eigenvalue weighted by molar-refractivity contribution is -0.384. The van der Waals surface area contributed by atoms with Crippen LogP contribution in [0.3, 0.4) is 0 Å². The summed E-state index contributed by atoms with van der Waals surface area (Å²) in [6.07, 6.45) is 1.12. The number of ether oxygens (including phenoxy) is 2. The lowest BCUT2D eigenvalue weighted by atomic mass is 9.80. The van der Waals surface area contributed by atoms with Gasteiger partial charge in [-0.25, -0.2) is 19.2 Å². The Bertz CT molecular complexity index is 1140. The van der Waals surface area contributed by atoms with Crippen molar-refractivity contribution in [1.29, 1.82) is 0 Å². The highest BCUT2D eigenvalue weighted by molar-refractivity contribution is 7.99. The molecule has 0 saturated carbocycles. The summed E-state index contributed by atoms with van der Waals surface area (Å²) in [6.45, 7) is 4.00. The molecule has 0 aliphatic carbocycles. The van der Waals surface area contributed by atoms with Crippen LogP contribution in [0.2, 0.25) is 0 Å². The summed E-state index contributed by atoms with van der Waals surface area (Å²) in [6, 6.07) is 5.87. The second-order valence-electron chi connectivity index (χ2n) is 7.40.